The minimum atomic E-state index is -2.88. The molecule has 1 saturated heterocycles. The largest absolute Gasteiger partial charge is 0.481 e. The molecule has 3 rings (SSSR count). The van der Waals surface area contributed by atoms with E-state index in [9.17, 15) is 31.9 Å². The molecule has 1 aliphatic rings. The van der Waals surface area contributed by atoms with Crippen molar-refractivity contribution in [3.63, 3.8) is 0 Å². The molecule has 186 valence electrons. The first-order valence-corrected chi connectivity index (χ1v) is 10.6. The van der Waals surface area contributed by atoms with Gasteiger partial charge < -0.3 is 20.5 Å². The lowest BCUT2D eigenvalue weighted by atomic mass is 10.1. The van der Waals surface area contributed by atoms with Crippen molar-refractivity contribution in [1.29, 1.82) is 0 Å². The number of carbonyl (C=O) groups is 2. The van der Waals surface area contributed by atoms with Gasteiger partial charge in [0.15, 0.2) is 11.6 Å². The maximum atomic E-state index is 14.8. The minimum Gasteiger partial charge on any atom is -0.481 e. The van der Waals surface area contributed by atoms with Crippen molar-refractivity contribution >= 4 is 46.3 Å². The second-order valence-electron chi connectivity index (χ2n) is 7.48. The van der Waals surface area contributed by atoms with Gasteiger partial charge in [0.1, 0.15) is 16.8 Å². The van der Waals surface area contributed by atoms with Crippen LogP contribution in [0.3, 0.4) is 0 Å². The van der Waals surface area contributed by atoms with Crippen molar-refractivity contribution in [3.05, 3.63) is 63.8 Å². The number of benzene rings is 1. The van der Waals surface area contributed by atoms with Crippen LogP contribution in [0.1, 0.15) is 12.0 Å². The highest BCUT2D eigenvalue weighted by Gasteiger charge is 2.33. The molecule has 0 spiro atoms. The highest BCUT2D eigenvalue weighted by molar-refractivity contribution is 7.80. The van der Waals surface area contributed by atoms with E-state index in [2.05, 4.69) is 22.9 Å². The topological polar surface area (TPSA) is 108 Å². The van der Waals surface area contributed by atoms with Gasteiger partial charge in [-0.3, -0.25) is 14.5 Å². The van der Waals surface area contributed by atoms with Gasteiger partial charge in [-0.2, -0.15) is 0 Å². The number of aryl methyl sites for hydroxylation is 1. The summed E-state index contributed by atoms with van der Waals surface area (Å²) in [5.74, 6) is -3.22. The van der Waals surface area contributed by atoms with Crippen molar-refractivity contribution in [3.8, 4) is 0 Å². The fourth-order valence-electron chi connectivity index (χ4n) is 3.22. The number of carboxylic acids is 1. The molecule has 2 aromatic rings. The van der Waals surface area contributed by atoms with Crippen LogP contribution in [-0.4, -0.2) is 47.8 Å². The number of aliphatic carboxylic acids is 1. The summed E-state index contributed by atoms with van der Waals surface area (Å²) >= 11 is 4.45. The van der Waals surface area contributed by atoms with Gasteiger partial charge in [-0.25, -0.2) is 22.4 Å². The van der Waals surface area contributed by atoms with E-state index in [1.165, 1.54) is 18.2 Å². The van der Waals surface area contributed by atoms with E-state index in [1.807, 2.05) is 0 Å². The molecule has 35 heavy (non-hydrogen) atoms. The number of carboxylic acid groups (broad SMARTS) is 1. The molecule has 2 aromatic carbocycles. The Hall–Kier alpha value is -3.74. The molecular weight excluding hydrogens is 494 g/mol. The number of thiocarbonyl (C=S) groups is 1. The van der Waals surface area contributed by atoms with Crippen LogP contribution in [0.15, 0.2) is 41.2 Å². The van der Waals surface area contributed by atoms with Crippen LogP contribution in [0.5, 0.6) is 0 Å². The maximum Gasteiger partial charge on any atom is 0.414 e. The number of hydrogen-bond donors (Lipinski definition) is 3. The van der Waals surface area contributed by atoms with Gasteiger partial charge in [0, 0.05) is 18.6 Å². The summed E-state index contributed by atoms with van der Waals surface area (Å²) < 4.78 is 59.5. The Morgan fingerprint density at radius 2 is 1.83 bits per heavy atom. The van der Waals surface area contributed by atoms with Crippen LogP contribution in [0.4, 0.5) is 39.4 Å². The quantitative estimate of drug-likeness (QED) is 0.345. The van der Waals surface area contributed by atoms with Crippen LogP contribution in [0.2, 0.25) is 0 Å². The highest BCUT2D eigenvalue weighted by atomic mass is 32.1. The molecule has 1 aliphatic heterocycles. The zero-order valence-electron chi connectivity index (χ0n) is 17.9. The molecule has 1 heterocycles. The summed E-state index contributed by atoms with van der Waals surface area (Å²) in [7, 11) is 0. The minimum absolute atomic E-state index is 0.152. The van der Waals surface area contributed by atoms with Crippen LogP contribution < -0.4 is 21.0 Å². The van der Waals surface area contributed by atoms with Crippen molar-refractivity contribution in [2.24, 2.45) is 0 Å². The van der Waals surface area contributed by atoms with Crippen molar-refractivity contribution in [1.82, 2.24) is 5.32 Å². The number of nitrogens with zero attached hydrogens (tertiary/aromatic N) is 1. The number of cyclic esters (lactones) is 1. The predicted molar refractivity (Wildman–Crippen MR) is 123 cm³/mol. The third-order valence-electron chi connectivity index (χ3n) is 4.98. The van der Waals surface area contributed by atoms with Gasteiger partial charge in [-0.1, -0.05) is 24.4 Å². The number of halogens is 4. The van der Waals surface area contributed by atoms with Crippen molar-refractivity contribution < 1.29 is 37.0 Å². The van der Waals surface area contributed by atoms with E-state index in [-0.39, 0.29) is 37.3 Å². The van der Waals surface area contributed by atoms with Gasteiger partial charge in [0.25, 0.3) is 6.43 Å². The summed E-state index contributed by atoms with van der Waals surface area (Å²) in [6, 6.07) is 7.04. The first-order valence-electron chi connectivity index (χ1n) is 10.2. The fraction of sp³-hybridized carbons (Fsp3) is 0.273. The molecule has 8 nitrogen and oxygen atoms in total. The van der Waals surface area contributed by atoms with Crippen LogP contribution in [0.25, 0.3) is 0 Å². The summed E-state index contributed by atoms with van der Waals surface area (Å²) in [6.45, 7) is -0.372. The smallest absolute Gasteiger partial charge is 0.414 e. The third-order valence-corrected chi connectivity index (χ3v) is 5.30. The Morgan fingerprint density at radius 1 is 1.17 bits per heavy atom. The zero-order valence-corrected chi connectivity index (χ0v) is 18.7. The SMILES string of the molecule is O=C(O)CCc1ccc(Nc2c(F)cc(N3C[C@H](CNC(=S)C(F)F)OC3=O)cc2F)c(=O)cc1. The number of rotatable bonds is 9. The molecule has 0 aromatic heterocycles. The van der Waals surface area contributed by atoms with Gasteiger partial charge >= 0.3 is 12.1 Å². The molecule has 3 N–H and O–H groups in total. The number of carbonyl (C=O) groups excluding carboxylic acids is 1. The number of alkyl halides is 2. The number of ether oxygens (including phenoxy) is 1. The number of hydrogen-bond acceptors (Lipinski definition) is 6. The maximum absolute atomic E-state index is 14.8. The lowest BCUT2D eigenvalue weighted by Crippen LogP contribution is -2.36. The molecule has 0 saturated carbocycles. The first-order chi connectivity index (χ1) is 16.5. The normalized spacial score (nSPS) is 15.2. The third kappa shape index (κ3) is 6.66. The Balaban J connectivity index is 1.75. The van der Waals surface area contributed by atoms with Gasteiger partial charge in [0.05, 0.1) is 24.5 Å². The van der Waals surface area contributed by atoms with E-state index in [0.717, 1.165) is 23.1 Å². The van der Waals surface area contributed by atoms with E-state index in [0.29, 0.717) is 5.56 Å². The van der Waals surface area contributed by atoms with E-state index in [1.54, 1.807) is 0 Å². The first kappa shape index (κ1) is 25.9. The molecule has 1 amide bonds. The Labute approximate surface area is 201 Å². The molecule has 1 atom stereocenters. The van der Waals surface area contributed by atoms with Crippen molar-refractivity contribution in [2.75, 3.05) is 23.3 Å². The van der Waals surface area contributed by atoms with Crippen molar-refractivity contribution in [2.45, 2.75) is 25.4 Å². The molecule has 1 fully saturated rings. The Morgan fingerprint density at radius 3 is 2.46 bits per heavy atom. The fourth-order valence-corrected chi connectivity index (χ4v) is 3.31. The Bertz CT molecular complexity index is 1190. The summed E-state index contributed by atoms with van der Waals surface area (Å²) in [5, 5.41) is 13.4. The van der Waals surface area contributed by atoms with Gasteiger partial charge in [-0.15, -0.1) is 0 Å². The van der Waals surface area contributed by atoms with E-state index >= 15 is 0 Å². The molecule has 0 aliphatic carbocycles. The standard InChI is InChI=1S/C22H19F4N3O5S/c23-14-7-12(29-10-13(34-22(29)33)9-27-21(35)20(25)26)8-15(24)19(14)28-16-4-1-11(2-5-17(16)30)3-6-18(31)32/h1-2,4-5,7-8,13,20H,3,6,9-10H2,(H,27,35)(H,28,30)(H,31,32)/t13-/m0/s1. The van der Waals surface area contributed by atoms with Crippen LogP contribution in [-0.2, 0) is 16.0 Å². The Kier molecular flexibility index (Phi) is 8.22. The summed E-state index contributed by atoms with van der Waals surface area (Å²) in [6.07, 6.45) is -4.67. The lowest BCUT2D eigenvalue weighted by Gasteiger charge is -2.16. The lowest BCUT2D eigenvalue weighted by molar-refractivity contribution is -0.136. The van der Waals surface area contributed by atoms with Gasteiger partial charge in [0.2, 0.25) is 5.43 Å². The molecule has 13 heteroatoms. The average Bonchev–Trinajstić information content (AvgIpc) is 3.07. The van der Waals surface area contributed by atoms with E-state index in [4.69, 9.17) is 9.84 Å². The summed E-state index contributed by atoms with van der Waals surface area (Å²) in [5.41, 5.74) is -1.02. The molecular formula is C22H19F4N3O5S. The zero-order chi connectivity index (χ0) is 25.7. The monoisotopic (exact) mass is 513 g/mol. The van der Waals surface area contributed by atoms with Crippen LogP contribution >= 0.6 is 12.2 Å². The van der Waals surface area contributed by atoms with E-state index < -0.39 is 52.3 Å². The molecule has 0 bridgehead atoms. The predicted octanol–water partition coefficient (Wildman–Crippen LogP) is 3.59. The average molecular weight is 513 g/mol. The number of nitrogens with one attached hydrogen (secondary N) is 2. The molecule has 0 radical (unpaired) electrons. The number of amides is 1. The highest BCUT2D eigenvalue weighted by Crippen LogP contribution is 2.30. The second-order valence-corrected chi connectivity index (χ2v) is 7.92. The summed E-state index contributed by atoms with van der Waals surface area (Å²) in [4.78, 5) is 35.4. The number of anilines is 3. The molecule has 0 unspecified atom stereocenters. The second kappa shape index (κ2) is 11.1. The van der Waals surface area contributed by atoms with Crippen LogP contribution in [0, 0.1) is 11.6 Å². The van der Waals surface area contributed by atoms with Gasteiger partial charge in [-0.05, 0) is 24.1 Å².